The van der Waals surface area contributed by atoms with Crippen LogP contribution in [0.3, 0.4) is 0 Å². The summed E-state index contributed by atoms with van der Waals surface area (Å²) in [5.74, 6) is 0.426. The zero-order valence-electron chi connectivity index (χ0n) is 9.83. The molecule has 0 saturated carbocycles. The zero-order valence-corrected chi connectivity index (χ0v) is 9.83. The van der Waals surface area contributed by atoms with E-state index in [-0.39, 0.29) is 0 Å². The molecule has 17 heavy (non-hydrogen) atoms. The van der Waals surface area contributed by atoms with Crippen LogP contribution in [0.4, 0.5) is 13.2 Å². The second-order valence-electron chi connectivity index (χ2n) is 3.88. The largest absolute Gasteiger partial charge is 0.391 e. The highest BCUT2D eigenvalue weighted by atomic mass is 19.4. The molecule has 0 spiro atoms. The average molecular weight is 251 g/mol. The lowest BCUT2D eigenvalue weighted by Gasteiger charge is -2.15. The number of aromatic nitrogens is 4. The van der Waals surface area contributed by atoms with E-state index < -0.39 is 18.6 Å². The van der Waals surface area contributed by atoms with Gasteiger partial charge < -0.3 is 5.32 Å². The maximum absolute atomic E-state index is 12.2. The van der Waals surface area contributed by atoms with E-state index in [1.54, 1.807) is 0 Å². The molecule has 1 aromatic heterocycles. The van der Waals surface area contributed by atoms with Crippen molar-refractivity contribution in [2.75, 3.05) is 6.54 Å². The number of rotatable bonds is 6. The van der Waals surface area contributed by atoms with Crippen LogP contribution in [0, 0.1) is 0 Å². The standard InChI is InChI=1S/C9H16F3N5/c1-3-4-13-6-8-14-15-16-17(8)7(2)5-9(10,11)12/h7,13H,3-6H2,1-2H3. The number of tetrazole rings is 1. The Morgan fingerprint density at radius 1 is 1.41 bits per heavy atom. The van der Waals surface area contributed by atoms with Crippen LogP contribution in [0.25, 0.3) is 0 Å². The van der Waals surface area contributed by atoms with Crippen LogP contribution in [-0.2, 0) is 6.54 Å². The first-order chi connectivity index (χ1) is 7.94. The van der Waals surface area contributed by atoms with E-state index in [4.69, 9.17) is 0 Å². The summed E-state index contributed by atoms with van der Waals surface area (Å²) < 4.78 is 37.9. The second-order valence-corrected chi connectivity index (χ2v) is 3.88. The Kier molecular flexibility index (Phi) is 4.86. The van der Waals surface area contributed by atoms with Gasteiger partial charge in [-0.2, -0.15) is 13.2 Å². The average Bonchev–Trinajstić information content (AvgIpc) is 2.64. The monoisotopic (exact) mass is 251 g/mol. The van der Waals surface area contributed by atoms with Gasteiger partial charge >= 0.3 is 6.18 Å². The summed E-state index contributed by atoms with van der Waals surface area (Å²) in [5.41, 5.74) is 0. The van der Waals surface area contributed by atoms with Crippen molar-refractivity contribution in [3.05, 3.63) is 5.82 Å². The number of hydrogen-bond donors (Lipinski definition) is 1. The van der Waals surface area contributed by atoms with Crippen molar-refractivity contribution in [3.8, 4) is 0 Å². The smallest absolute Gasteiger partial charge is 0.310 e. The van der Waals surface area contributed by atoms with E-state index in [1.807, 2.05) is 6.92 Å². The van der Waals surface area contributed by atoms with E-state index in [0.29, 0.717) is 12.4 Å². The summed E-state index contributed by atoms with van der Waals surface area (Å²) in [4.78, 5) is 0. The highest BCUT2D eigenvalue weighted by Crippen LogP contribution is 2.27. The van der Waals surface area contributed by atoms with Gasteiger partial charge in [0.05, 0.1) is 19.0 Å². The molecular formula is C9H16F3N5. The van der Waals surface area contributed by atoms with Crippen LogP contribution in [0.15, 0.2) is 0 Å². The van der Waals surface area contributed by atoms with Crippen LogP contribution >= 0.6 is 0 Å². The molecule has 0 fully saturated rings. The van der Waals surface area contributed by atoms with Crippen LogP contribution in [0.5, 0.6) is 0 Å². The first-order valence-electron chi connectivity index (χ1n) is 5.48. The Balaban J connectivity index is 2.61. The van der Waals surface area contributed by atoms with Crippen molar-refractivity contribution in [2.24, 2.45) is 0 Å². The summed E-state index contributed by atoms with van der Waals surface area (Å²) in [6.07, 6.45) is -4.20. The molecule has 1 atom stereocenters. The number of halogens is 3. The number of nitrogens with one attached hydrogen (secondary N) is 1. The summed E-state index contributed by atoms with van der Waals surface area (Å²) in [6, 6.07) is -0.788. The van der Waals surface area contributed by atoms with Gasteiger partial charge in [0.1, 0.15) is 0 Å². The molecule has 0 aromatic carbocycles. The molecule has 0 aliphatic carbocycles. The van der Waals surface area contributed by atoms with Crippen molar-refractivity contribution in [1.82, 2.24) is 25.5 Å². The fraction of sp³-hybridized carbons (Fsp3) is 0.889. The van der Waals surface area contributed by atoms with Crippen LogP contribution in [0.1, 0.15) is 38.6 Å². The van der Waals surface area contributed by atoms with Gasteiger partial charge in [-0.3, -0.25) is 0 Å². The Morgan fingerprint density at radius 3 is 2.71 bits per heavy atom. The summed E-state index contributed by atoms with van der Waals surface area (Å²) in [7, 11) is 0. The molecule has 0 bridgehead atoms. The van der Waals surface area contributed by atoms with E-state index in [2.05, 4.69) is 20.8 Å². The number of alkyl halides is 3. The van der Waals surface area contributed by atoms with Crippen molar-refractivity contribution >= 4 is 0 Å². The van der Waals surface area contributed by atoms with Gasteiger partial charge in [0.25, 0.3) is 0 Å². The molecule has 1 rings (SSSR count). The minimum Gasteiger partial charge on any atom is -0.310 e. The SMILES string of the molecule is CCCNCc1nnnn1C(C)CC(F)(F)F. The first-order valence-corrected chi connectivity index (χ1v) is 5.48. The zero-order chi connectivity index (χ0) is 12.9. The summed E-state index contributed by atoms with van der Waals surface area (Å²) >= 11 is 0. The maximum Gasteiger partial charge on any atom is 0.391 e. The third kappa shape index (κ3) is 4.68. The van der Waals surface area contributed by atoms with Gasteiger partial charge in [-0.05, 0) is 30.3 Å². The molecule has 98 valence electrons. The van der Waals surface area contributed by atoms with E-state index >= 15 is 0 Å². The lowest BCUT2D eigenvalue weighted by Crippen LogP contribution is -2.23. The lowest BCUT2D eigenvalue weighted by molar-refractivity contribution is -0.142. The maximum atomic E-state index is 12.2. The predicted octanol–water partition coefficient (Wildman–Crippen LogP) is 1.69. The molecule has 0 aliphatic rings. The normalized spacial score (nSPS) is 13.9. The van der Waals surface area contributed by atoms with Gasteiger partial charge in [0.2, 0.25) is 0 Å². The Hall–Kier alpha value is -1.18. The third-order valence-electron chi connectivity index (χ3n) is 2.22. The molecule has 5 nitrogen and oxygen atoms in total. The van der Waals surface area contributed by atoms with Crippen LogP contribution in [-0.4, -0.2) is 32.9 Å². The first kappa shape index (κ1) is 13.9. The molecule has 1 aromatic rings. The van der Waals surface area contributed by atoms with E-state index in [9.17, 15) is 13.2 Å². The quantitative estimate of drug-likeness (QED) is 0.782. The predicted molar refractivity (Wildman–Crippen MR) is 55.2 cm³/mol. The van der Waals surface area contributed by atoms with Crippen molar-refractivity contribution in [2.45, 2.75) is 45.5 Å². The van der Waals surface area contributed by atoms with Gasteiger partial charge in [-0.1, -0.05) is 6.92 Å². The highest BCUT2D eigenvalue weighted by molar-refractivity contribution is 4.83. The third-order valence-corrected chi connectivity index (χ3v) is 2.22. The van der Waals surface area contributed by atoms with Crippen LogP contribution in [0.2, 0.25) is 0 Å². The van der Waals surface area contributed by atoms with Gasteiger partial charge in [-0.25, -0.2) is 4.68 Å². The number of hydrogen-bond acceptors (Lipinski definition) is 4. The molecular weight excluding hydrogens is 235 g/mol. The van der Waals surface area contributed by atoms with Crippen molar-refractivity contribution in [3.63, 3.8) is 0 Å². The molecule has 1 unspecified atom stereocenters. The Bertz CT molecular complexity index is 336. The van der Waals surface area contributed by atoms with E-state index in [0.717, 1.165) is 13.0 Å². The van der Waals surface area contributed by atoms with Crippen molar-refractivity contribution in [1.29, 1.82) is 0 Å². The molecule has 0 radical (unpaired) electrons. The molecule has 0 saturated heterocycles. The van der Waals surface area contributed by atoms with Gasteiger partial charge in [0.15, 0.2) is 5.82 Å². The van der Waals surface area contributed by atoms with Crippen LogP contribution < -0.4 is 5.32 Å². The Labute approximate surface area is 97.4 Å². The van der Waals surface area contributed by atoms with Gasteiger partial charge in [0, 0.05) is 0 Å². The molecule has 1 N–H and O–H groups in total. The Morgan fingerprint density at radius 2 is 2.12 bits per heavy atom. The minimum absolute atomic E-state index is 0.378. The minimum atomic E-state index is -4.21. The summed E-state index contributed by atoms with van der Waals surface area (Å²) in [6.45, 7) is 4.61. The fourth-order valence-electron chi connectivity index (χ4n) is 1.47. The van der Waals surface area contributed by atoms with Gasteiger partial charge in [-0.15, -0.1) is 5.10 Å². The molecule has 0 aliphatic heterocycles. The molecule has 1 heterocycles. The topological polar surface area (TPSA) is 55.6 Å². The van der Waals surface area contributed by atoms with Crippen molar-refractivity contribution < 1.29 is 13.2 Å². The lowest BCUT2D eigenvalue weighted by atomic mass is 10.2. The van der Waals surface area contributed by atoms with E-state index in [1.165, 1.54) is 11.6 Å². The fourth-order valence-corrected chi connectivity index (χ4v) is 1.47. The molecule has 0 amide bonds. The highest BCUT2D eigenvalue weighted by Gasteiger charge is 2.32. The second kappa shape index (κ2) is 5.95. The number of nitrogens with zero attached hydrogens (tertiary/aromatic N) is 4. The summed E-state index contributed by atoms with van der Waals surface area (Å²) in [5, 5.41) is 13.8. The molecule has 8 heteroatoms.